The number of hydrogen-bond acceptors (Lipinski definition) is 5. The van der Waals surface area contributed by atoms with Crippen molar-refractivity contribution in [2.24, 2.45) is 0 Å². The van der Waals surface area contributed by atoms with Crippen LogP contribution in [0.5, 0.6) is 11.5 Å². The first-order valence-electron chi connectivity index (χ1n) is 6.40. The van der Waals surface area contributed by atoms with E-state index in [0.717, 1.165) is 10.5 Å². The van der Waals surface area contributed by atoms with Gasteiger partial charge in [0, 0.05) is 0 Å². The van der Waals surface area contributed by atoms with Crippen LogP contribution >= 0.6 is 0 Å². The Balaban J connectivity index is 2.68. The number of imide groups is 1. The van der Waals surface area contributed by atoms with E-state index in [4.69, 9.17) is 9.47 Å². The lowest BCUT2D eigenvalue weighted by Gasteiger charge is -2.16. The quantitative estimate of drug-likeness (QED) is 0.747. The Morgan fingerprint density at radius 2 is 1.90 bits per heavy atom. The van der Waals surface area contributed by atoms with E-state index in [9.17, 15) is 9.59 Å². The number of rotatable bonds is 6. The number of carbonyl (C=O) groups excluding carboxylic acids is 2. The molecule has 1 unspecified atom stereocenters. The number of likely N-dealkylation sites (N-methyl/N-ethyl adjacent to an activating group) is 1. The van der Waals surface area contributed by atoms with Gasteiger partial charge in [-0.05, 0) is 12.1 Å². The zero-order valence-corrected chi connectivity index (χ0v) is 12.7. The van der Waals surface area contributed by atoms with Crippen LogP contribution in [0, 0.1) is 0 Å². The molecule has 0 spiro atoms. The zero-order valence-electron chi connectivity index (χ0n) is 12.7. The van der Waals surface area contributed by atoms with Crippen LogP contribution in [0.4, 0.5) is 4.79 Å². The largest absolute Gasteiger partial charge is 0.493 e. The topological polar surface area (TPSA) is 78.3 Å². The van der Waals surface area contributed by atoms with Crippen molar-refractivity contribution in [1.29, 1.82) is 0 Å². The molecule has 1 atom stereocenters. The van der Waals surface area contributed by atoms with Gasteiger partial charge in [0.25, 0.3) is 5.91 Å². The fraction of sp³-hybridized carbons (Fsp3) is 0.429. The summed E-state index contributed by atoms with van der Waals surface area (Å²) >= 11 is 0. The highest BCUT2D eigenvalue weighted by Crippen LogP contribution is 2.29. The molecule has 0 aliphatic heterocycles. The molecule has 0 heterocycles. The highest BCUT2D eigenvalue weighted by molar-refractivity contribution is 5.92. The van der Waals surface area contributed by atoms with Crippen LogP contribution in [-0.4, -0.2) is 46.9 Å². The van der Waals surface area contributed by atoms with E-state index >= 15 is 0 Å². The Hall–Kier alpha value is -2.28. The molecule has 7 heteroatoms. The second-order valence-electron chi connectivity index (χ2n) is 4.50. The predicted octanol–water partition coefficient (Wildman–Crippen LogP) is -0.399. The predicted molar refractivity (Wildman–Crippen MR) is 75.6 cm³/mol. The van der Waals surface area contributed by atoms with Crippen LogP contribution < -0.4 is 19.7 Å². The number of amides is 2. The number of alkyl carbamates (subject to hydrolysis) is 1. The number of ether oxygens (including phenoxy) is 3. The Kier molecular flexibility index (Phi) is 6.48. The first kappa shape index (κ1) is 16.8. The monoisotopic (exact) mass is 297 g/mol. The second-order valence-corrected chi connectivity index (χ2v) is 4.50. The molecule has 21 heavy (non-hydrogen) atoms. The molecule has 0 bridgehead atoms. The summed E-state index contributed by atoms with van der Waals surface area (Å²) in [6.45, 7) is 0.685. The molecular formula is C14H21N2O5+. The van der Waals surface area contributed by atoms with Gasteiger partial charge in [-0.25, -0.2) is 4.79 Å². The van der Waals surface area contributed by atoms with Gasteiger partial charge in [0.2, 0.25) is 0 Å². The summed E-state index contributed by atoms with van der Waals surface area (Å²) in [6.07, 6.45) is -0.758. The molecule has 0 fully saturated rings. The molecule has 0 aromatic heterocycles. The van der Waals surface area contributed by atoms with Crippen molar-refractivity contribution >= 4 is 12.0 Å². The molecule has 116 valence electrons. The third-order valence-corrected chi connectivity index (χ3v) is 2.87. The Labute approximate surface area is 123 Å². The molecular weight excluding hydrogens is 276 g/mol. The van der Waals surface area contributed by atoms with Crippen LogP contribution in [0.3, 0.4) is 0 Å². The van der Waals surface area contributed by atoms with Crippen molar-refractivity contribution in [1.82, 2.24) is 5.32 Å². The maximum atomic E-state index is 11.6. The summed E-state index contributed by atoms with van der Waals surface area (Å²) in [7, 11) is 6.19. The minimum atomic E-state index is -0.758. The number of nitrogens with one attached hydrogen (secondary N) is 2. The lowest BCUT2D eigenvalue weighted by molar-refractivity contribution is -0.885. The van der Waals surface area contributed by atoms with Crippen LogP contribution in [0.15, 0.2) is 18.2 Å². The minimum Gasteiger partial charge on any atom is -0.493 e. The van der Waals surface area contributed by atoms with Gasteiger partial charge in [0.15, 0.2) is 18.0 Å². The number of methoxy groups -OCH3 is 3. The third-order valence-electron chi connectivity index (χ3n) is 2.87. The summed E-state index contributed by atoms with van der Waals surface area (Å²) in [5, 5.41) is 2.12. The Morgan fingerprint density at radius 1 is 1.19 bits per heavy atom. The fourth-order valence-corrected chi connectivity index (χ4v) is 1.96. The molecule has 0 radical (unpaired) electrons. The van der Waals surface area contributed by atoms with Crippen molar-refractivity contribution in [3.8, 4) is 11.5 Å². The molecule has 1 aromatic carbocycles. The molecule has 0 aliphatic carbocycles. The van der Waals surface area contributed by atoms with E-state index in [1.54, 1.807) is 14.2 Å². The summed E-state index contributed by atoms with van der Waals surface area (Å²) in [5.74, 6) is 0.885. The van der Waals surface area contributed by atoms with Crippen molar-refractivity contribution < 1.29 is 28.7 Å². The third kappa shape index (κ3) is 4.96. The lowest BCUT2D eigenvalue weighted by atomic mass is 10.1. The van der Waals surface area contributed by atoms with E-state index < -0.39 is 12.0 Å². The highest BCUT2D eigenvalue weighted by Gasteiger charge is 2.17. The van der Waals surface area contributed by atoms with E-state index in [1.807, 2.05) is 25.2 Å². The highest BCUT2D eigenvalue weighted by atomic mass is 16.5. The van der Waals surface area contributed by atoms with Gasteiger partial charge in [-0.2, -0.15) is 0 Å². The number of benzene rings is 1. The molecule has 2 amide bonds. The maximum Gasteiger partial charge on any atom is 0.413 e. The smallest absolute Gasteiger partial charge is 0.413 e. The first-order chi connectivity index (χ1) is 10.0. The van der Waals surface area contributed by atoms with E-state index in [-0.39, 0.29) is 6.54 Å². The maximum absolute atomic E-state index is 11.6. The molecule has 1 aromatic rings. The first-order valence-corrected chi connectivity index (χ1v) is 6.40. The van der Waals surface area contributed by atoms with Gasteiger partial charge in [-0.15, -0.1) is 0 Å². The fourth-order valence-electron chi connectivity index (χ4n) is 1.96. The van der Waals surface area contributed by atoms with Gasteiger partial charge in [-0.3, -0.25) is 10.1 Å². The molecule has 0 saturated heterocycles. The van der Waals surface area contributed by atoms with Gasteiger partial charge in [0.05, 0.1) is 33.9 Å². The zero-order chi connectivity index (χ0) is 15.8. The SMILES string of the molecule is COC(=O)NC(=O)C[NH+](C)Cc1cccc(OC)c1OC. The lowest BCUT2D eigenvalue weighted by Crippen LogP contribution is -3.08. The van der Waals surface area contributed by atoms with Crippen LogP contribution in [0.1, 0.15) is 5.56 Å². The number of quaternary nitrogens is 1. The van der Waals surface area contributed by atoms with Crippen LogP contribution in [-0.2, 0) is 16.1 Å². The Bertz CT molecular complexity index is 504. The summed E-state index contributed by atoms with van der Waals surface area (Å²) in [4.78, 5) is 23.4. The van der Waals surface area contributed by atoms with Gasteiger partial charge >= 0.3 is 6.09 Å². The van der Waals surface area contributed by atoms with E-state index in [2.05, 4.69) is 10.1 Å². The van der Waals surface area contributed by atoms with Crippen molar-refractivity contribution in [3.05, 3.63) is 23.8 Å². The summed E-state index contributed by atoms with van der Waals surface area (Å²) in [5.41, 5.74) is 0.917. The Morgan fingerprint density at radius 3 is 2.48 bits per heavy atom. The van der Waals surface area contributed by atoms with E-state index in [0.29, 0.717) is 18.0 Å². The number of hydrogen-bond donors (Lipinski definition) is 2. The average molecular weight is 297 g/mol. The van der Waals surface area contributed by atoms with Crippen molar-refractivity contribution in [2.45, 2.75) is 6.54 Å². The van der Waals surface area contributed by atoms with Gasteiger partial charge in [-0.1, -0.05) is 6.07 Å². The second kappa shape index (κ2) is 8.11. The van der Waals surface area contributed by atoms with Crippen LogP contribution in [0.2, 0.25) is 0 Å². The van der Waals surface area contributed by atoms with Gasteiger partial charge < -0.3 is 19.1 Å². The molecule has 0 aliphatic rings. The number of carbonyl (C=O) groups is 2. The molecule has 0 saturated carbocycles. The summed E-state index contributed by atoms with van der Waals surface area (Å²) in [6, 6.07) is 5.57. The molecule has 7 nitrogen and oxygen atoms in total. The number of para-hydroxylation sites is 1. The van der Waals surface area contributed by atoms with Crippen molar-refractivity contribution in [3.63, 3.8) is 0 Å². The average Bonchev–Trinajstić information content (AvgIpc) is 2.46. The normalized spacial score (nSPS) is 11.4. The molecule has 2 N–H and O–H groups in total. The van der Waals surface area contributed by atoms with E-state index in [1.165, 1.54) is 7.11 Å². The van der Waals surface area contributed by atoms with Gasteiger partial charge in [0.1, 0.15) is 6.54 Å². The molecule has 1 rings (SSSR count). The minimum absolute atomic E-state index is 0.134. The standard InChI is InChI=1S/C14H20N2O5/c1-16(9-12(17)15-14(18)21-4)8-10-6-5-7-11(19-2)13(10)20-3/h5-7H,8-9H2,1-4H3,(H,15,17,18)/p+1. The van der Waals surface area contributed by atoms with Crippen LogP contribution in [0.25, 0.3) is 0 Å². The summed E-state index contributed by atoms with van der Waals surface area (Å²) < 4.78 is 14.9. The van der Waals surface area contributed by atoms with Crippen molar-refractivity contribution in [2.75, 3.05) is 34.9 Å².